The van der Waals surface area contributed by atoms with Crippen molar-refractivity contribution >= 4 is 17.5 Å². The summed E-state index contributed by atoms with van der Waals surface area (Å²) in [6.07, 6.45) is 4.38. The van der Waals surface area contributed by atoms with Crippen LogP contribution in [0.4, 0.5) is 5.69 Å². The van der Waals surface area contributed by atoms with Crippen LogP contribution in [0.25, 0.3) is 0 Å². The summed E-state index contributed by atoms with van der Waals surface area (Å²) >= 11 is 0. The van der Waals surface area contributed by atoms with Crippen LogP contribution >= 0.6 is 0 Å². The number of aromatic nitrogens is 2. The molecule has 1 aromatic rings. The largest absolute Gasteiger partial charge is 0.368 e. The molecule has 0 radical (unpaired) electrons. The average molecular weight is 267 g/mol. The zero-order valence-electron chi connectivity index (χ0n) is 11.3. The number of carbonyl (C=O) groups excluding carboxylic acids is 2. The summed E-state index contributed by atoms with van der Waals surface area (Å²) in [6, 6.07) is 0. The van der Waals surface area contributed by atoms with Crippen molar-refractivity contribution in [1.82, 2.24) is 9.78 Å². The molecule has 0 spiro atoms. The molecule has 0 aliphatic carbocycles. The zero-order chi connectivity index (χ0) is 14.5. The number of hydrogen-bond acceptors (Lipinski definition) is 4. The molecule has 1 heterocycles. The van der Waals surface area contributed by atoms with Crippen LogP contribution in [0.3, 0.4) is 0 Å². The lowest BCUT2D eigenvalue weighted by atomic mass is 9.81. The van der Waals surface area contributed by atoms with Gasteiger partial charge in [0.15, 0.2) is 0 Å². The third-order valence-corrected chi connectivity index (χ3v) is 3.43. The third kappa shape index (κ3) is 3.54. The van der Waals surface area contributed by atoms with Gasteiger partial charge in [0.1, 0.15) is 6.54 Å². The van der Waals surface area contributed by atoms with Gasteiger partial charge in [-0.25, -0.2) is 0 Å². The molecule has 5 N–H and O–H groups in total. The lowest BCUT2D eigenvalue weighted by molar-refractivity contribution is -0.125. The molecule has 1 rings (SSSR count). The average Bonchev–Trinajstić information content (AvgIpc) is 2.78. The molecular formula is C12H21N5O2. The van der Waals surface area contributed by atoms with Gasteiger partial charge < -0.3 is 16.8 Å². The van der Waals surface area contributed by atoms with E-state index in [2.05, 4.69) is 10.4 Å². The van der Waals surface area contributed by atoms with Gasteiger partial charge in [-0.3, -0.25) is 14.3 Å². The van der Waals surface area contributed by atoms with E-state index in [9.17, 15) is 9.59 Å². The van der Waals surface area contributed by atoms with Crippen LogP contribution in [0.15, 0.2) is 12.4 Å². The molecule has 0 atom stereocenters. The molecule has 0 saturated carbocycles. The molecule has 2 amide bonds. The maximum Gasteiger partial charge on any atom is 0.239 e. The predicted molar refractivity (Wildman–Crippen MR) is 72.1 cm³/mol. The molecule has 0 saturated heterocycles. The first-order valence-electron chi connectivity index (χ1n) is 6.29. The van der Waals surface area contributed by atoms with E-state index >= 15 is 0 Å². The summed E-state index contributed by atoms with van der Waals surface area (Å²) in [7, 11) is 0. The summed E-state index contributed by atoms with van der Waals surface area (Å²) in [5, 5.41) is 6.71. The highest BCUT2D eigenvalue weighted by atomic mass is 16.2. The van der Waals surface area contributed by atoms with Gasteiger partial charge in [0, 0.05) is 12.7 Å². The summed E-state index contributed by atoms with van der Waals surface area (Å²) in [5.74, 6) is -0.613. The lowest BCUT2D eigenvalue weighted by Crippen LogP contribution is -2.41. The first kappa shape index (κ1) is 15.2. The second-order valence-electron chi connectivity index (χ2n) is 4.54. The summed E-state index contributed by atoms with van der Waals surface area (Å²) in [4.78, 5) is 23.0. The van der Waals surface area contributed by atoms with Crippen LogP contribution < -0.4 is 16.8 Å². The number of rotatable bonds is 7. The van der Waals surface area contributed by atoms with E-state index in [-0.39, 0.29) is 12.5 Å². The van der Waals surface area contributed by atoms with E-state index in [0.29, 0.717) is 25.1 Å². The maximum atomic E-state index is 12.2. The molecule has 0 aromatic carbocycles. The van der Waals surface area contributed by atoms with Crippen molar-refractivity contribution < 1.29 is 9.59 Å². The fourth-order valence-electron chi connectivity index (χ4n) is 1.89. The lowest BCUT2D eigenvalue weighted by Gasteiger charge is -2.28. The summed E-state index contributed by atoms with van der Waals surface area (Å²) in [6.45, 7) is 4.15. The van der Waals surface area contributed by atoms with Crippen molar-refractivity contribution in [2.24, 2.45) is 16.9 Å². The van der Waals surface area contributed by atoms with Crippen molar-refractivity contribution in [3.8, 4) is 0 Å². The zero-order valence-corrected chi connectivity index (χ0v) is 11.3. The second kappa shape index (κ2) is 6.33. The summed E-state index contributed by atoms with van der Waals surface area (Å²) < 4.78 is 1.37. The van der Waals surface area contributed by atoms with Gasteiger partial charge in [0.05, 0.1) is 17.3 Å². The Bertz CT molecular complexity index is 442. The van der Waals surface area contributed by atoms with Crippen molar-refractivity contribution in [3.05, 3.63) is 12.4 Å². The number of nitrogens with one attached hydrogen (secondary N) is 1. The van der Waals surface area contributed by atoms with Crippen LogP contribution in [-0.2, 0) is 16.1 Å². The summed E-state index contributed by atoms with van der Waals surface area (Å²) in [5.41, 5.74) is 10.7. The van der Waals surface area contributed by atoms with Crippen molar-refractivity contribution in [2.45, 2.75) is 33.2 Å². The molecule has 0 aliphatic heterocycles. The molecule has 0 unspecified atom stereocenters. The van der Waals surface area contributed by atoms with Crippen LogP contribution in [0.5, 0.6) is 0 Å². The standard InChI is InChI=1S/C12H21N5O2/c1-3-12(4-2,8-13)11(19)16-9-5-15-17(6-9)7-10(14)18/h5-6H,3-4,7-8,13H2,1-2H3,(H2,14,18)(H,16,19). The van der Waals surface area contributed by atoms with Crippen LogP contribution in [-0.4, -0.2) is 28.1 Å². The molecule has 19 heavy (non-hydrogen) atoms. The minimum Gasteiger partial charge on any atom is -0.368 e. The van der Waals surface area contributed by atoms with Gasteiger partial charge in [0.2, 0.25) is 11.8 Å². The number of nitrogens with zero attached hydrogens (tertiary/aromatic N) is 2. The van der Waals surface area contributed by atoms with Crippen LogP contribution in [0.2, 0.25) is 0 Å². The molecule has 7 heteroatoms. The van der Waals surface area contributed by atoms with Gasteiger partial charge >= 0.3 is 0 Å². The van der Waals surface area contributed by atoms with E-state index in [1.807, 2.05) is 13.8 Å². The Hall–Kier alpha value is -1.89. The quantitative estimate of drug-likeness (QED) is 0.648. The van der Waals surface area contributed by atoms with Crippen molar-refractivity contribution in [3.63, 3.8) is 0 Å². The van der Waals surface area contributed by atoms with Gasteiger partial charge in [-0.15, -0.1) is 0 Å². The predicted octanol–water partition coefficient (Wildman–Crippen LogP) is 0.0720. The van der Waals surface area contributed by atoms with Crippen molar-refractivity contribution in [2.75, 3.05) is 11.9 Å². The highest BCUT2D eigenvalue weighted by molar-refractivity contribution is 5.95. The second-order valence-corrected chi connectivity index (χ2v) is 4.54. The number of anilines is 1. The Morgan fingerprint density at radius 3 is 2.53 bits per heavy atom. The van der Waals surface area contributed by atoms with Gasteiger partial charge in [-0.05, 0) is 12.8 Å². The Morgan fingerprint density at radius 1 is 1.42 bits per heavy atom. The number of hydrogen-bond donors (Lipinski definition) is 3. The van der Waals surface area contributed by atoms with Gasteiger partial charge in [-0.1, -0.05) is 13.8 Å². The monoisotopic (exact) mass is 267 g/mol. The fourth-order valence-corrected chi connectivity index (χ4v) is 1.89. The molecular weight excluding hydrogens is 246 g/mol. The van der Waals surface area contributed by atoms with E-state index in [0.717, 1.165) is 0 Å². The highest BCUT2D eigenvalue weighted by Crippen LogP contribution is 2.26. The normalized spacial score (nSPS) is 11.3. The minimum atomic E-state index is -0.564. The first-order valence-corrected chi connectivity index (χ1v) is 6.29. The SMILES string of the molecule is CCC(CC)(CN)C(=O)Nc1cnn(CC(N)=O)c1. The number of nitrogens with two attached hydrogens (primary N) is 2. The third-order valence-electron chi connectivity index (χ3n) is 3.43. The maximum absolute atomic E-state index is 12.2. The van der Waals surface area contributed by atoms with E-state index < -0.39 is 11.3 Å². The van der Waals surface area contributed by atoms with E-state index in [1.54, 1.807) is 6.20 Å². The Kier molecular flexibility index (Phi) is 5.05. The Balaban J connectivity index is 2.76. The Morgan fingerprint density at radius 2 is 2.05 bits per heavy atom. The first-order chi connectivity index (χ1) is 8.97. The van der Waals surface area contributed by atoms with E-state index in [4.69, 9.17) is 11.5 Å². The minimum absolute atomic E-state index is 0.0144. The molecule has 0 aliphatic rings. The number of amides is 2. The van der Waals surface area contributed by atoms with Gasteiger partial charge in [0.25, 0.3) is 0 Å². The highest BCUT2D eigenvalue weighted by Gasteiger charge is 2.33. The molecule has 0 bridgehead atoms. The molecule has 1 aromatic heterocycles. The van der Waals surface area contributed by atoms with Crippen molar-refractivity contribution in [1.29, 1.82) is 0 Å². The number of carbonyl (C=O) groups is 2. The van der Waals surface area contributed by atoms with Crippen LogP contribution in [0.1, 0.15) is 26.7 Å². The van der Waals surface area contributed by atoms with Gasteiger partial charge in [-0.2, -0.15) is 5.10 Å². The topological polar surface area (TPSA) is 116 Å². The molecule has 0 fully saturated rings. The fraction of sp³-hybridized carbons (Fsp3) is 0.583. The molecule has 7 nitrogen and oxygen atoms in total. The molecule has 106 valence electrons. The van der Waals surface area contributed by atoms with Crippen LogP contribution in [0, 0.1) is 5.41 Å². The Labute approximate surface area is 112 Å². The smallest absolute Gasteiger partial charge is 0.239 e. The number of primary amides is 1. The van der Waals surface area contributed by atoms with E-state index in [1.165, 1.54) is 10.9 Å².